The van der Waals surface area contributed by atoms with Crippen LogP contribution in [-0.2, 0) is 31.9 Å². The summed E-state index contributed by atoms with van der Waals surface area (Å²) in [4.78, 5) is 43.7. The highest BCUT2D eigenvalue weighted by molar-refractivity contribution is 6.25. The van der Waals surface area contributed by atoms with E-state index in [2.05, 4.69) is 117 Å². The fourth-order valence-corrected chi connectivity index (χ4v) is 7.11. The van der Waals surface area contributed by atoms with E-state index in [9.17, 15) is 9.59 Å². The largest absolute Gasteiger partial charge is 0.460 e. The molecule has 54 heavy (non-hydrogen) atoms. The summed E-state index contributed by atoms with van der Waals surface area (Å²) in [5.41, 5.74) is 11.1. The Morgan fingerprint density at radius 2 is 1.44 bits per heavy atom. The predicted octanol–water partition coefficient (Wildman–Crippen LogP) is 5.07. The van der Waals surface area contributed by atoms with Crippen molar-refractivity contribution in [1.82, 2.24) is 9.97 Å². The molecule has 0 spiro atoms. The molecule has 0 aromatic carbocycles. The number of aromatic amines is 2. The zero-order chi connectivity index (χ0) is 39.6. The number of hydrogen-bond donors (Lipinski definition) is 2. The number of nitrogens with one attached hydrogen (secondary N) is 2. The number of carbonyl (C=O) groups is 2. The van der Waals surface area contributed by atoms with Crippen LogP contribution in [0.3, 0.4) is 0 Å². The number of quaternary nitrogens is 2. The van der Waals surface area contributed by atoms with Crippen LogP contribution in [0.2, 0.25) is 0 Å². The highest BCUT2D eigenvalue weighted by Crippen LogP contribution is 2.35. The van der Waals surface area contributed by atoms with Crippen LogP contribution in [0.25, 0.3) is 24.3 Å². The standard InChI is InChI=1S/C44H60N6O4/c1-13-32-28(3)35-23-39-33(14-2)29(4)41(47-39)27-44(6)26-31(15-17-42(51)53-21-19-49(7,8)9)37(48-44)25-40-34(30(5)36(46-40)24-38(32)45-35)16-18-43(52)54-22-20-50(10,11)12/h13-14,23-26,46-47H,1-2,15-22,27H2,3-12H3/q+2. The third kappa shape index (κ3) is 9.65. The summed E-state index contributed by atoms with van der Waals surface area (Å²) in [7, 11) is 12.5. The van der Waals surface area contributed by atoms with Crippen LogP contribution >= 0.6 is 0 Å². The van der Waals surface area contributed by atoms with Crippen LogP contribution in [-0.4, -0.2) is 116 Å². The van der Waals surface area contributed by atoms with E-state index in [0.29, 0.717) is 37.0 Å². The van der Waals surface area contributed by atoms with Gasteiger partial charge in [-0.05, 0) is 86.6 Å². The minimum Gasteiger partial charge on any atom is -0.460 e. The van der Waals surface area contributed by atoms with Gasteiger partial charge in [-0.3, -0.25) is 14.6 Å². The normalized spacial score (nSPS) is 18.3. The van der Waals surface area contributed by atoms with Crippen LogP contribution < -0.4 is 10.7 Å². The minimum atomic E-state index is -0.582. The SMILES string of the molecule is C=CC1=C(C)C2=Cc3[nH]c(c(C)c3C=C)CC3(C)C=C(CCC(=O)OCC[N+](C)(C)C)C(=N3)C=c3[nH]c(c(C)c3CCC(=O)OCC[N+](C)(C)C)=CC1=N2. The molecule has 1 unspecified atom stereocenters. The third-order valence-electron chi connectivity index (χ3n) is 10.4. The molecule has 288 valence electrons. The van der Waals surface area contributed by atoms with E-state index >= 15 is 0 Å². The predicted molar refractivity (Wildman–Crippen MR) is 221 cm³/mol. The number of fused-ring (bicyclic) bond motifs is 6. The molecule has 10 nitrogen and oxygen atoms in total. The molecule has 0 aliphatic carbocycles. The topological polar surface area (TPSA) is 109 Å². The first kappa shape index (κ1) is 40.4. The van der Waals surface area contributed by atoms with Crippen LogP contribution in [0.4, 0.5) is 0 Å². The molecule has 0 radical (unpaired) electrons. The molecule has 5 rings (SSSR count). The first-order valence-corrected chi connectivity index (χ1v) is 18.9. The van der Waals surface area contributed by atoms with E-state index in [1.54, 1.807) is 0 Å². The molecule has 3 aliphatic heterocycles. The summed E-state index contributed by atoms with van der Waals surface area (Å²) in [5.74, 6) is -0.450. The van der Waals surface area contributed by atoms with E-state index in [1.807, 2.05) is 12.2 Å². The Balaban J connectivity index is 1.61. The number of aliphatic imine (C=N–C) groups is 2. The van der Waals surface area contributed by atoms with Crippen LogP contribution in [0.15, 0.2) is 57.7 Å². The molecule has 2 N–H and O–H groups in total. The van der Waals surface area contributed by atoms with Crippen molar-refractivity contribution in [2.24, 2.45) is 9.98 Å². The maximum absolute atomic E-state index is 13.0. The smallest absolute Gasteiger partial charge is 0.306 e. The van der Waals surface area contributed by atoms with Gasteiger partial charge in [0.25, 0.3) is 0 Å². The lowest BCUT2D eigenvalue weighted by Gasteiger charge is -2.23. The number of ether oxygens (including phenoxy) is 2. The van der Waals surface area contributed by atoms with Gasteiger partial charge in [0.1, 0.15) is 26.3 Å². The monoisotopic (exact) mass is 736 g/mol. The van der Waals surface area contributed by atoms with Gasteiger partial charge in [-0.1, -0.05) is 31.4 Å². The molecule has 8 bridgehead atoms. The molecule has 1 atom stereocenters. The number of allylic oxidation sites excluding steroid dienone is 4. The van der Waals surface area contributed by atoms with Gasteiger partial charge in [-0.2, -0.15) is 0 Å². The van der Waals surface area contributed by atoms with Crippen molar-refractivity contribution in [2.75, 3.05) is 68.6 Å². The molecule has 3 aliphatic rings. The highest BCUT2D eigenvalue weighted by Gasteiger charge is 2.32. The molecule has 2 aromatic heterocycles. The van der Waals surface area contributed by atoms with Crippen LogP contribution in [0.1, 0.15) is 66.8 Å². The molecule has 0 saturated carbocycles. The summed E-state index contributed by atoms with van der Waals surface area (Å²) in [6.45, 7) is 18.9. The van der Waals surface area contributed by atoms with Gasteiger partial charge in [0.2, 0.25) is 0 Å². The van der Waals surface area contributed by atoms with Gasteiger partial charge >= 0.3 is 11.9 Å². The van der Waals surface area contributed by atoms with Crippen LogP contribution in [0.5, 0.6) is 0 Å². The van der Waals surface area contributed by atoms with Crippen molar-refractivity contribution >= 4 is 47.7 Å². The molecule has 5 heterocycles. The summed E-state index contributed by atoms with van der Waals surface area (Å²) in [6, 6.07) is 0. The van der Waals surface area contributed by atoms with E-state index in [1.165, 1.54) is 0 Å². The number of aromatic nitrogens is 2. The van der Waals surface area contributed by atoms with E-state index in [-0.39, 0.29) is 24.8 Å². The fourth-order valence-electron chi connectivity index (χ4n) is 7.11. The molecule has 0 amide bonds. The summed E-state index contributed by atoms with van der Waals surface area (Å²) >= 11 is 0. The lowest BCUT2D eigenvalue weighted by Crippen LogP contribution is -2.38. The lowest BCUT2D eigenvalue weighted by atomic mass is 9.93. The second kappa shape index (κ2) is 15.9. The molecular weight excluding hydrogens is 677 g/mol. The van der Waals surface area contributed by atoms with Gasteiger partial charge in [-0.25, -0.2) is 4.99 Å². The fraction of sp³-hybridized carbons (Fsp3) is 0.455. The van der Waals surface area contributed by atoms with Crippen molar-refractivity contribution < 1.29 is 28.0 Å². The number of carbonyl (C=O) groups excluding carboxylic acids is 2. The van der Waals surface area contributed by atoms with Gasteiger partial charge < -0.3 is 28.4 Å². The summed E-state index contributed by atoms with van der Waals surface area (Å²) in [6.07, 6.45) is 14.3. The van der Waals surface area contributed by atoms with Gasteiger partial charge in [0.15, 0.2) is 0 Å². The Hall–Kier alpha value is -4.80. The number of likely N-dealkylation sites (N-methyl/N-ethyl adjacent to an activating group) is 2. The first-order valence-electron chi connectivity index (χ1n) is 18.9. The Morgan fingerprint density at radius 3 is 2.04 bits per heavy atom. The average Bonchev–Trinajstić information content (AvgIpc) is 3.74. The van der Waals surface area contributed by atoms with E-state index in [0.717, 1.165) is 95.8 Å². The molecule has 10 heteroatoms. The highest BCUT2D eigenvalue weighted by atomic mass is 16.5. The maximum atomic E-state index is 13.0. The molecule has 0 saturated heterocycles. The second-order valence-electron chi connectivity index (χ2n) is 17.0. The van der Waals surface area contributed by atoms with Crippen molar-refractivity contribution in [3.8, 4) is 0 Å². The number of rotatable bonds is 14. The number of H-pyrrole nitrogens is 2. The molecule has 2 aromatic rings. The summed E-state index contributed by atoms with van der Waals surface area (Å²) < 4.78 is 12.7. The quantitative estimate of drug-likeness (QED) is 0.209. The third-order valence-corrected chi connectivity index (χ3v) is 10.4. The first-order chi connectivity index (χ1) is 25.3. The number of esters is 2. The zero-order valence-electron chi connectivity index (χ0n) is 34.2. The van der Waals surface area contributed by atoms with Gasteiger partial charge in [-0.15, -0.1) is 0 Å². The minimum absolute atomic E-state index is 0.224. The maximum Gasteiger partial charge on any atom is 0.306 e. The van der Waals surface area contributed by atoms with E-state index < -0.39 is 5.54 Å². The number of nitrogens with zero attached hydrogens (tertiary/aromatic N) is 4. The second-order valence-corrected chi connectivity index (χ2v) is 17.0. The Kier molecular flexibility index (Phi) is 11.9. The van der Waals surface area contributed by atoms with Crippen LogP contribution in [0, 0.1) is 13.8 Å². The molecule has 0 fully saturated rings. The summed E-state index contributed by atoms with van der Waals surface area (Å²) in [5, 5.41) is 1.76. The van der Waals surface area contributed by atoms with Crippen molar-refractivity contribution in [3.63, 3.8) is 0 Å². The Morgan fingerprint density at radius 1 is 0.833 bits per heavy atom. The zero-order valence-corrected chi connectivity index (χ0v) is 34.2. The Bertz CT molecular complexity index is 2140. The van der Waals surface area contributed by atoms with Crippen molar-refractivity contribution in [1.29, 1.82) is 0 Å². The van der Waals surface area contributed by atoms with Crippen molar-refractivity contribution in [2.45, 2.75) is 65.3 Å². The molecular formula is C44H60N6O4+2. The Labute approximate surface area is 320 Å². The van der Waals surface area contributed by atoms with Crippen molar-refractivity contribution in [3.05, 3.63) is 92.1 Å². The van der Waals surface area contributed by atoms with E-state index in [4.69, 9.17) is 19.5 Å². The lowest BCUT2D eigenvalue weighted by molar-refractivity contribution is -0.870. The average molecular weight is 737 g/mol. The number of hydrogen-bond acceptors (Lipinski definition) is 6. The van der Waals surface area contributed by atoms with Gasteiger partial charge in [0, 0.05) is 52.5 Å². The van der Waals surface area contributed by atoms with Gasteiger partial charge in [0.05, 0.1) is 64.9 Å².